The molecule has 0 aliphatic rings. The Morgan fingerprint density at radius 1 is 0.818 bits per heavy atom. The zero-order valence-corrected chi connectivity index (χ0v) is 21.5. The highest BCUT2D eigenvalue weighted by Gasteiger charge is 2.40. The number of nitrogens with one attached hydrogen (secondary N) is 1. The molecule has 0 heterocycles. The fourth-order valence-electron chi connectivity index (χ4n) is 2.93. The summed E-state index contributed by atoms with van der Waals surface area (Å²) >= 11 is 0. The van der Waals surface area contributed by atoms with Crippen LogP contribution in [0.1, 0.15) is 59.6 Å². The maximum absolute atomic E-state index is 13.5. The predicted molar refractivity (Wildman–Crippen MR) is 129 cm³/mol. The lowest BCUT2D eigenvalue weighted by Crippen LogP contribution is -2.47. The van der Waals surface area contributed by atoms with Crippen molar-refractivity contribution in [1.29, 1.82) is 0 Å². The van der Waals surface area contributed by atoms with Crippen LogP contribution >= 0.6 is 7.82 Å². The van der Waals surface area contributed by atoms with Crippen molar-refractivity contribution >= 4 is 13.9 Å². The van der Waals surface area contributed by atoms with E-state index < -0.39 is 30.7 Å². The van der Waals surface area contributed by atoms with E-state index in [1.165, 1.54) is 0 Å². The van der Waals surface area contributed by atoms with Gasteiger partial charge in [-0.1, -0.05) is 60.7 Å². The van der Waals surface area contributed by atoms with Crippen LogP contribution in [-0.4, -0.2) is 23.9 Å². The molecule has 8 heteroatoms. The molecule has 0 saturated heterocycles. The summed E-state index contributed by atoms with van der Waals surface area (Å²) in [6.45, 7) is 12.3. The Labute approximate surface area is 197 Å². The van der Waals surface area contributed by atoms with Crippen molar-refractivity contribution in [3.05, 3.63) is 71.8 Å². The van der Waals surface area contributed by atoms with Crippen molar-refractivity contribution in [2.24, 2.45) is 0 Å². The highest BCUT2D eigenvalue weighted by molar-refractivity contribution is 7.48. The molecule has 7 nitrogen and oxygen atoms in total. The molecule has 33 heavy (non-hydrogen) atoms. The third-order valence-electron chi connectivity index (χ3n) is 4.28. The Morgan fingerprint density at radius 2 is 1.30 bits per heavy atom. The van der Waals surface area contributed by atoms with Crippen LogP contribution in [0.25, 0.3) is 0 Å². The molecule has 1 N–H and O–H groups in total. The summed E-state index contributed by atoms with van der Waals surface area (Å²) in [7, 11) is -3.98. The largest absolute Gasteiger partial charge is 0.475 e. The first kappa shape index (κ1) is 27.1. The maximum Gasteiger partial charge on any atom is 0.475 e. The molecule has 0 spiro atoms. The van der Waals surface area contributed by atoms with Gasteiger partial charge in [-0.2, -0.15) is 0 Å². The molecule has 0 saturated carbocycles. The summed E-state index contributed by atoms with van der Waals surface area (Å²) in [5.41, 5.74) is -0.989. The Kier molecular flexibility index (Phi) is 8.88. The van der Waals surface area contributed by atoms with Crippen molar-refractivity contribution in [3.8, 4) is 0 Å². The van der Waals surface area contributed by atoms with Crippen LogP contribution in [0.15, 0.2) is 60.7 Å². The zero-order valence-electron chi connectivity index (χ0n) is 20.6. The molecule has 2 aromatic rings. The van der Waals surface area contributed by atoms with E-state index >= 15 is 0 Å². The van der Waals surface area contributed by atoms with Crippen molar-refractivity contribution in [3.63, 3.8) is 0 Å². The Morgan fingerprint density at radius 3 is 1.79 bits per heavy atom. The highest BCUT2D eigenvalue weighted by Crippen LogP contribution is 2.56. The summed E-state index contributed by atoms with van der Waals surface area (Å²) < 4.78 is 36.1. The molecule has 0 radical (unpaired) electrons. The van der Waals surface area contributed by atoms with E-state index in [-0.39, 0.29) is 13.2 Å². The molecule has 0 bridgehead atoms. The molecule has 0 aliphatic carbocycles. The van der Waals surface area contributed by atoms with Crippen molar-refractivity contribution in [2.45, 2.75) is 71.8 Å². The smallest absolute Gasteiger partial charge is 0.445 e. The average molecular weight is 478 g/mol. The molecule has 2 aromatic carbocycles. The van der Waals surface area contributed by atoms with Crippen LogP contribution in [0.2, 0.25) is 0 Å². The van der Waals surface area contributed by atoms with Gasteiger partial charge in [0.25, 0.3) is 0 Å². The standard InChI is InChI=1S/C25H36NO6P/c1-23(2,3)31-33(28,32-24(4,5)6)30-19-25(7,21-16-12-9-13-17-21)26-22(27)29-18-20-14-10-8-11-15-20/h8-17H,18-19H2,1-7H3,(H,26,27). The van der Waals surface area contributed by atoms with Crippen LogP contribution in [0, 0.1) is 0 Å². The third kappa shape index (κ3) is 9.68. The van der Waals surface area contributed by atoms with E-state index in [0.29, 0.717) is 0 Å². The minimum Gasteiger partial charge on any atom is -0.445 e. The normalized spacial score (nSPS) is 14.4. The number of phosphoric acid groups is 1. The lowest BCUT2D eigenvalue weighted by molar-refractivity contribution is -0.00506. The molecule has 0 fully saturated rings. The molecule has 1 amide bonds. The summed E-state index contributed by atoms with van der Waals surface area (Å²) in [6.07, 6.45) is -0.628. The Bertz CT molecular complexity index is 917. The molecular weight excluding hydrogens is 441 g/mol. The van der Waals surface area contributed by atoms with E-state index in [0.717, 1.165) is 11.1 Å². The molecule has 0 aliphatic heterocycles. The van der Waals surface area contributed by atoms with Gasteiger partial charge in [-0.25, -0.2) is 9.36 Å². The van der Waals surface area contributed by atoms with Crippen LogP contribution in [0.4, 0.5) is 4.79 Å². The first-order valence-corrected chi connectivity index (χ1v) is 12.4. The number of carbonyl (C=O) groups excluding carboxylic acids is 1. The summed E-state index contributed by atoms with van der Waals surface area (Å²) in [6, 6.07) is 18.7. The van der Waals surface area contributed by atoms with E-state index in [1.54, 1.807) is 48.5 Å². The number of carbonyl (C=O) groups is 1. The topological polar surface area (TPSA) is 83.1 Å². The zero-order chi connectivity index (χ0) is 24.8. The van der Waals surface area contributed by atoms with Gasteiger partial charge in [-0.3, -0.25) is 13.6 Å². The molecule has 1 unspecified atom stereocenters. The fourth-order valence-corrected chi connectivity index (χ4v) is 4.83. The van der Waals surface area contributed by atoms with Gasteiger partial charge < -0.3 is 10.1 Å². The second-order valence-corrected chi connectivity index (χ2v) is 11.5. The van der Waals surface area contributed by atoms with Gasteiger partial charge in [0, 0.05) is 0 Å². The number of amides is 1. The molecule has 182 valence electrons. The van der Waals surface area contributed by atoms with E-state index in [9.17, 15) is 9.36 Å². The first-order valence-electron chi connectivity index (χ1n) is 10.9. The lowest BCUT2D eigenvalue weighted by Gasteiger charge is -2.35. The quantitative estimate of drug-likeness (QED) is 0.411. The predicted octanol–water partition coefficient (Wildman–Crippen LogP) is 6.58. The minimum atomic E-state index is -3.98. The van der Waals surface area contributed by atoms with Gasteiger partial charge in [0.2, 0.25) is 0 Å². The number of phosphoric ester groups is 1. The third-order valence-corrected chi connectivity index (χ3v) is 6.27. The van der Waals surface area contributed by atoms with Gasteiger partial charge in [0.15, 0.2) is 0 Å². The van der Waals surface area contributed by atoms with Crippen molar-refractivity contribution < 1.29 is 27.7 Å². The number of benzene rings is 2. The number of ether oxygens (including phenoxy) is 1. The fraction of sp³-hybridized carbons (Fsp3) is 0.480. The van der Waals surface area contributed by atoms with Crippen LogP contribution in [-0.2, 0) is 35.0 Å². The van der Waals surface area contributed by atoms with Crippen LogP contribution < -0.4 is 5.32 Å². The van der Waals surface area contributed by atoms with Gasteiger partial charge in [-0.15, -0.1) is 0 Å². The van der Waals surface area contributed by atoms with Gasteiger partial charge in [0.05, 0.1) is 23.3 Å². The number of hydrogen-bond donors (Lipinski definition) is 1. The number of alkyl carbamates (subject to hydrolysis) is 1. The van der Waals surface area contributed by atoms with Crippen molar-refractivity contribution in [1.82, 2.24) is 5.32 Å². The van der Waals surface area contributed by atoms with Crippen LogP contribution in [0.3, 0.4) is 0 Å². The molecule has 2 rings (SSSR count). The Hall–Kier alpha value is -2.18. The second-order valence-electron chi connectivity index (χ2n) is 10.0. The summed E-state index contributed by atoms with van der Waals surface area (Å²) in [5.74, 6) is 0. The van der Waals surface area contributed by atoms with Gasteiger partial charge in [-0.05, 0) is 59.6 Å². The monoisotopic (exact) mass is 477 g/mol. The summed E-state index contributed by atoms with van der Waals surface area (Å²) in [4.78, 5) is 12.7. The van der Waals surface area contributed by atoms with Crippen LogP contribution in [0.5, 0.6) is 0 Å². The lowest BCUT2D eigenvalue weighted by atomic mass is 9.93. The molecule has 0 aromatic heterocycles. The molecule has 1 atom stereocenters. The van der Waals surface area contributed by atoms with Gasteiger partial charge >= 0.3 is 13.9 Å². The highest BCUT2D eigenvalue weighted by atomic mass is 31.2. The van der Waals surface area contributed by atoms with Crippen molar-refractivity contribution in [2.75, 3.05) is 6.61 Å². The van der Waals surface area contributed by atoms with Gasteiger partial charge in [0.1, 0.15) is 6.61 Å². The minimum absolute atomic E-state index is 0.122. The average Bonchev–Trinajstić information content (AvgIpc) is 2.70. The van der Waals surface area contributed by atoms with E-state index in [2.05, 4.69) is 5.32 Å². The number of hydrogen-bond acceptors (Lipinski definition) is 6. The molecular formula is C25H36NO6P. The SMILES string of the molecule is CC(C)(C)OP(=O)(OCC(C)(NC(=O)OCc1ccccc1)c1ccccc1)OC(C)(C)C. The first-order chi connectivity index (χ1) is 15.2. The van der Waals surface area contributed by atoms with E-state index in [4.69, 9.17) is 18.3 Å². The summed E-state index contributed by atoms with van der Waals surface area (Å²) in [5, 5.41) is 2.86. The second kappa shape index (κ2) is 10.8. The van der Waals surface area contributed by atoms with E-state index in [1.807, 2.05) is 60.7 Å². The maximum atomic E-state index is 13.5. The number of rotatable bonds is 9. The Balaban J connectivity index is 2.21.